The van der Waals surface area contributed by atoms with Crippen LogP contribution in [-0.2, 0) is 10.5 Å². The summed E-state index contributed by atoms with van der Waals surface area (Å²) >= 11 is 1.19. The Balaban J connectivity index is 2.78. The molecule has 0 saturated heterocycles. The Bertz CT molecular complexity index is 435. The number of nitro benzene ring substituents is 1. The summed E-state index contributed by atoms with van der Waals surface area (Å²) < 4.78 is 4.86. The third kappa shape index (κ3) is 3.95. The van der Waals surface area contributed by atoms with Crippen molar-refractivity contribution in [2.24, 2.45) is 0 Å². The number of methoxy groups -OCH3 is 1. The highest BCUT2D eigenvalue weighted by molar-refractivity contribution is 7.99. The Morgan fingerprint density at radius 1 is 1.59 bits per heavy atom. The lowest BCUT2D eigenvalue weighted by Crippen LogP contribution is -1.99. The van der Waals surface area contributed by atoms with E-state index in [2.05, 4.69) is 0 Å². The van der Waals surface area contributed by atoms with Crippen molar-refractivity contribution in [3.63, 3.8) is 0 Å². The molecule has 1 aromatic carbocycles. The second-order valence-electron chi connectivity index (χ2n) is 3.15. The average molecular weight is 257 g/mol. The van der Waals surface area contributed by atoms with E-state index in [0.717, 1.165) is 0 Å². The molecule has 1 N–H and O–H groups in total. The Labute approximate surface area is 102 Å². The summed E-state index contributed by atoms with van der Waals surface area (Å²) in [5.41, 5.74) is 0.588. The maximum absolute atomic E-state index is 10.7. The molecular weight excluding hydrogens is 246 g/mol. The fourth-order valence-corrected chi connectivity index (χ4v) is 1.92. The standard InChI is InChI=1S/C10H11NO5S/c1-16-9-3-2-7(4-8(9)11(14)15)5-17-6-10(12)13/h2-4H,5-6H2,1H3,(H,12,13). The van der Waals surface area contributed by atoms with E-state index < -0.39 is 10.9 Å². The quantitative estimate of drug-likeness (QED) is 0.618. The molecule has 1 rings (SSSR count). The smallest absolute Gasteiger partial charge is 0.313 e. The number of rotatable bonds is 6. The first-order chi connectivity index (χ1) is 8.04. The molecule has 0 fully saturated rings. The molecule has 0 spiro atoms. The van der Waals surface area contributed by atoms with Crippen LogP contribution in [0.1, 0.15) is 5.56 Å². The molecule has 0 heterocycles. The lowest BCUT2D eigenvalue weighted by Gasteiger charge is -2.04. The summed E-state index contributed by atoms with van der Waals surface area (Å²) in [6.07, 6.45) is 0. The average Bonchev–Trinajstić information content (AvgIpc) is 2.28. The van der Waals surface area contributed by atoms with Gasteiger partial charge in [0, 0.05) is 11.8 Å². The minimum absolute atomic E-state index is 0.0279. The molecular formula is C10H11NO5S. The first-order valence-electron chi connectivity index (χ1n) is 4.65. The summed E-state index contributed by atoms with van der Waals surface area (Å²) in [6.45, 7) is 0. The Hall–Kier alpha value is -1.76. The molecule has 0 aromatic heterocycles. The van der Waals surface area contributed by atoms with E-state index in [1.807, 2.05) is 0 Å². The number of benzene rings is 1. The van der Waals surface area contributed by atoms with Crippen LogP contribution in [0.4, 0.5) is 5.69 Å². The zero-order valence-electron chi connectivity index (χ0n) is 9.08. The number of nitrogens with zero attached hydrogens (tertiary/aromatic N) is 1. The molecule has 0 saturated carbocycles. The zero-order chi connectivity index (χ0) is 12.8. The predicted molar refractivity (Wildman–Crippen MR) is 63.4 cm³/mol. The number of carboxylic acids is 1. The number of carboxylic acid groups (broad SMARTS) is 1. The molecule has 6 nitrogen and oxygen atoms in total. The fraction of sp³-hybridized carbons (Fsp3) is 0.300. The Kier molecular flexibility index (Phi) is 4.77. The largest absolute Gasteiger partial charge is 0.490 e. The van der Waals surface area contributed by atoms with Crippen LogP contribution in [0.15, 0.2) is 18.2 Å². The van der Waals surface area contributed by atoms with Crippen LogP contribution in [0, 0.1) is 10.1 Å². The van der Waals surface area contributed by atoms with Gasteiger partial charge in [0.05, 0.1) is 17.8 Å². The third-order valence-corrected chi connectivity index (χ3v) is 2.92. The van der Waals surface area contributed by atoms with Crippen molar-refractivity contribution < 1.29 is 19.6 Å². The number of carbonyl (C=O) groups is 1. The first kappa shape index (κ1) is 13.3. The minimum atomic E-state index is -0.905. The second-order valence-corrected chi connectivity index (χ2v) is 4.14. The van der Waals surface area contributed by atoms with E-state index in [0.29, 0.717) is 11.3 Å². The summed E-state index contributed by atoms with van der Waals surface area (Å²) in [7, 11) is 1.36. The maximum Gasteiger partial charge on any atom is 0.313 e. The van der Waals surface area contributed by atoms with E-state index in [9.17, 15) is 14.9 Å². The topological polar surface area (TPSA) is 89.7 Å². The van der Waals surface area contributed by atoms with Crippen molar-refractivity contribution >= 4 is 23.4 Å². The SMILES string of the molecule is COc1ccc(CSCC(=O)O)cc1[N+](=O)[O-]. The van der Waals surface area contributed by atoms with Crippen LogP contribution in [0.2, 0.25) is 0 Å². The van der Waals surface area contributed by atoms with Gasteiger partial charge in [-0.25, -0.2) is 0 Å². The van der Waals surface area contributed by atoms with Crippen molar-refractivity contribution in [1.82, 2.24) is 0 Å². The number of nitro groups is 1. The maximum atomic E-state index is 10.7. The van der Waals surface area contributed by atoms with Crippen molar-refractivity contribution in [2.45, 2.75) is 5.75 Å². The monoisotopic (exact) mass is 257 g/mol. The second kappa shape index (κ2) is 6.09. The molecule has 0 amide bonds. The number of hydrogen-bond donors (Lipinski definition) is 1. The molecule has 0 radical (unpaired) electrons. The van der Waals surface area contributed by atoms with Gasteiger partial charge in [-0.2, -0.15) is 0 Å². The van der Waals surface area contributed by atoms with Crippen molar-refractivity contribution in [1.29, 1.82) is 0 Å². The summed E-state index contributed by atoms with van der Waals surface area (Å²) in [4.78, 5) is 20.5. The Morgan fingerprint density at radius 3 is 2.82 bits per heavy atom. The third-order valence-electron chi connectivity index (χ3n) is 1.93. The van der Waals surface area contributed by atoms with Gasteiger partial charge in [0.25, 0.3) is 0 Å². The van der Waals surface area contributed by atoms with E-state index in [-0.39, 0.29) is 17.2 Å². The summed E-state index contributed by atoms with van der Waals surface area (Å²) in [5.74, 6) is -0.322. The lowest BCUT2D eigenvalue weighted by atomic mass is 10.2. The molecule has 0 unspecified atom stereocenters. The molecule has 0 atom stereocenters. The van der Waals surface area contributed by atoms with Gasteiger partial charge in [0.15, 0.2) is 5.75 Å². The molecule has 1 aromatic rings. The highest BCUT2D eigenvalue weighted by Gasteiger charge is 2.15. The van der Waals surface area contributed by atoms with Crippen molar-refractivity contribution in [3.05, 3.63) is 33.9 Å². The number of thioether (sulfide) groups is 1. The van der Waals surface area contributed by atoms with Gasteiger partial charge in [-0.05, 0) is 11.6 Å². The molecule has 0 aliphatic heterocycles. The van der Waals surface area contributed by atoms with Gasteiger partial charge >= 0.3 is 11.7 Å². The van der Waals surface area contributed by atoms with E-state index in [1.165, 1.54) is 31.0 Å². The lowest BCUT2D eigenvalue weighted by molar-refractivity contribution is -0.385. The highest BCUT2D eigenvalue weighted by atomic mass is 32.2. The number of ether oxygens (including phenoxy) is 1. The van der Waals surface area contributed by atoms with Gasteiger partial charge < -0.3 is 9.84 Å². The van der Waals surface area contributed by atoms with E-state index in [1.54, 1.807) is 6.07 Å². The fourth-order valence-electron chi connectivity index (χ4n) is 1.22. The molecule has 17 heavy (non-hydrogen) atoms. The Morgan fingerprint density at radius 2 is 2.29 bits per heavy atom. The van der Waals surface area contributed by atoms with Crippen LogP contribution in [0.25, 0.3) is 0 Å². The van der Waals surface area contributed by atoms with Gasteiger partial charge in [0.1, 0.15) is 0 Å². The van der Waals surface area contributed by atoms with Gasteiger partial charge in [0.2, 0.25) is 0 Å². The normalized spacial score (nSPS) is 9.94. The molecule has 0 aliphatic rings. The molecule has 7 heteroatoms. The molecule has 92 valence electrons. The van der Waals surface area contributed by atoms with Crippen LogP contribution >= 0.6 is 11.8 Å². The summed E-state index contributed by atoms with van der Waals surface area (Å²) in [5, 5.41) is 19.2. The highest BCUT2D eigenvalue weighted by Crippen LogP contribution is 2.28. The minimum Gasteiger partial charge on any atom is -0.490 e. The number of hydrogen-bond acceptors (Lipinski definition) is 5. The van der Waals surface area contributed by atoms with Crippen LogP contribution < -0.4 is 4.74 Å². The predicted octanol–water partition coefficient (Wildman–Crippen LogP) is 1.92. The molecule has 0 aliphatic carbocycles. The number of aliphatic carboxylic acids is 1. The van der Waals surface area contributed by atoms with E-state index >= 15 is 0 Å². The van der Waals surface area contributed by atoms with Crippen LogP contribution in [-0.4, -0.2) is 28.9 Å². The van der Waals surface area contributed by atoms with E-state index in [4.69, 9.17) is 9.84 Å². The van der Waals surface area contributed by atoms with Crippen LogP contribution in [0.5, 0.6) is 5.75 Å². The first-order valence-corrected chi connectivity index (χ1v) is 5.81. The summed E-state index contributed by atoms with van der Waals surface area (Å²) in [6, 6.07) is 4.59. The van der Waals surface area contributed by atoms with Crippen molar-refractivity contribution in [2.75, 3.05) is 12.9 Å². The van der Waals surface area contributed by atoms with Gasteiger partial charge in [-0.3, -0.25) is 14.9 Å². The van der Waals surface area contributed by atoms with Crippen LogP contribution in [0.3, 0.4) is 0 Å². The molecule has 0 bridgehead atoms. The van der Waals surface area contributed by atoms with Crippen molar-refractivity contribution in [3.8, 4) is 5.75 Å². The van der Waals surface area contributed by atoms with Gasteiger partial charge in [-0.1, -0.05) is 6.07 Å². The zero-order valence-corrected chi connectivity index (χ0v) is 9.90. The van der Waals surface area contributed by atoms with Gasteiger partial charge in [-0.15, -0.1) is 11.8 Å².